The highest BCUT2D eigenvalue weighted by atomic mass is 32.2. The molecule has 0 aliphatic heterocycles. The summed E-state index contributed by atoms with van der Waals surface area (Å²) in [5.74, 6) is -1.46. The van der Waals surface area contributed by atoms with Crippen LogP contribution in [-0.2, 0) is 15.0 Å². The van der Waals surface area contributed by atoms with Gasteiger partial charge in [0.25, 0.3) is 0 Å². The number of halogens is 2. The fraction of sp³-hybridized carbons (Fsp3) is 0.278. The molecule has 9 heteroatoms. The lowest BCUT2D eigenvalue weighted by Crippen LogP contribution is -2.46. The summed E-state index contributed by atoms with van der Waals surface area (Å²) in [5, 5.41) is 2.68. The van der Waals surface area contributed by atoms with E-state index in [-0.39, 0.29) is 5.69 Å². The minimum atomic E-state index is -3.97. The summed E-state index contributed by atoms with van der Waals surface area (Å²) in [6.45, 7) is 1.21. The van der Waals surface area contributed by atoms with Gasteiger partial charge in [-0.15, -0.1) is 0 Å². The van der Waals surface area contributed by atoms with Crippen molar-refractivity contribution in [3.05, 3.63) is 65.7 Å². The van der Waals surface area contributed by atoms with Gasteiger partial charge in [0.15, 0.2) is 0 Å². The zero-order chi connectivity index (χ0) is 20.2. The third-order valence-electron chi connectivity index (χ3n) is 3.89. The Hall–Kier alpha value is -2.52. The molecule has 2 aromatic carbocycles. The molecule has 0 unspecified atom stereocenters. The number of hydrogen-bond donors (Lipinski definition) is 1. The molecule has 27 heavy (non-hydrogen) atoms. The first-order valence-corrected chi connectivity index (χ1v) is 9.51. The summed E-state index contributed by atoms with van der Waals surface area (Å²) in [6, 6.07) is 9.98. The largest absolute Gasteiger partial charge is 0.348 e. The van der Waals surface area contributed by atoms with Crippen LogP contribution in [0.2, 0.25) is 0 Å². The molecule has 2 rings (SSSR count). The van der Waals surface area contributed by atoms with Crippen molar-refractivity contribution in [1.82, 2.24) is 9.62 Å². The normalized spacial score (nSPS) is 12.7. The van der Waals surface area contributed by atoms with Gasteiger partial charge in [0.1, 0.15) is 18.2 Å². The molecule has 2 aromatic rings. The molecule has 1 amide bonds. The van der Waals surface area contributed by atoms with Gasteiger partial charge >= 0.3 is 10.2 Å². The number of amides is 1. The second kappa shape index (κ2) is 8.45. The maximum atomic E-state index is 13.2. The van der Waals surface area contributed by atoms with E-state index in [9.17, 15) is 22.0 Å². The highest BCUT2D eigenvalue weighted by Gasteiger charge is 2.27. The predicted molar refractivity (Wildman–Crippen MR) is 99.3 cm³/mol. The van der Waals surface area contributed by atoms with Gasteiger partial charge in [-0.2, -0.15) is 12.7 Å². The number of anilines is 1. The second-order valence-corrected chi connectivity index (χ2v) is 8.18. The summed E-state index contributed by atoms with van der Waals surface area (Å²) >= 11 is 0. The zero-order valence-corrected chi connectivity index (χ0v) is 16.0. The predicted octanol–water partition coefficient (Wildman–Crippen LogP) is 2.46. The van der Waals surface area contributed by atoms with Crippen LogP contribution < -0.4 is 9.62 Å². The molecular formula is C18H21F2N3O3S. The van der Waals surface area contributed by atoms with Crippen LogP contribution in [-0.4, -0.2) is 39.3 Å². The molecule has 1 atom stereocenters. The van der Waals surface area contributed by atoms with Crippen molar-refractivity contribution in [3.8, 4) is 0 Å². The fourth-order valence-corrected chi connectivity index (χ4v) is 3.43. The average Bonchev–Trinajstić information content (AvgIpc) is 2.60. The van der Waals surface area contributed by atoms with E-state index in [0.717, 1.165) is 20.7 Å². The topological polar surface area (TPSA) is 69.7 Å². The number of benzene rings is 2. The second-order valence-electron chi connectivity index (χ2n) is 6.11. The van der Waals surface area contributed by atoms with Gasteiger partial charge in [0.2, 0.25) is 5.91 Å². The van der Waals surface area contributed by atoms with Crippen molar-refractivity contribution in [3.63, 3.8) is 0 Å². The average molecular weight is 397 g/mol. The molecule has 1 N–H and O–H groups in total. The summed E-state index contributed by atoms with van der Waals surface area (Å²) in [7, 11) is -1.30. The Labute approximate surface area is 157 Å². The van der Waals surface area contributed by atoms with Gasteiger partial charge in [-0.25, -0.2) is 13.1 Å². The molecule has 0 heterocycles. The maximum absolute atomic E-state index is 13.2. The van der Waals surface area contributed by atoms with Crippen molar-refractivity contribution in [1.29, 1.82) is 0 Å². The van der Waals surface area contributed by atoms with Gasteiger partial charge in [-0.3, -0.25) is 4.79 Å². The highest BCUT2D eigenvalue weighted by molar-refractivity contribution is 7.90. The molecule has 0 aliphatic rings. The molecule has 0 saturated heterocycles. The van der Waals surface area contributed by atoms with E-state index in [1.165, 1.54) is 50.5 Å². The van der Waals surface area contributed by atoms with Gasteiger partial charge < -0.3 is 5.32 Å². The van der Waals surface area contributed by atoms with E-state index in [4.69, 9.17) is 0 Å². The Morgan fingerprint density at radius 2 is 1.48 bits per heavy atom. The number of nitrogens with zero attached hydrogens (tertiary/aromatic N) is 2. The first-order valence-electron chi connectivity index (χ1n) is 8.12. The minimum Gasteiger partial charge on any atom is -0.348 e. The summed E-state index contributed by atoms with van der Waals surface area (Å²) in [4.78, 5) is 12.4. The lowest BCUT2D eigenvalue weighted by atomic mass is 10.1. The van der Waals surface area contributed by atoms with E-state index >= 15 is 0 Å². The molecule has 6 nitrogen and oxygen atoms in total. The minimum absolute atomic E-state index is 0.162. The SMILES string of the molecule is C[C@H](NC(=O)CN(c1ccc(F)cc1)S(=O)(=O)N(C)C)c1ccc(F)cc1. The van der Waals surface area contributed by atoms with Crippen LogP contribution >= 0.6 is 0 Å². The van der Waals surface area contributed by atoms with Crippen LogP contribution in [0.3, 0.4) is 0 Å². The van der Waals surface area contributed by atoms with Crippen LogP contribution in [0, 0.1) is 11.6 Å². The Bertz CT molecular complexity index is 885. The highest BCUT2D eigenvalue weighted by Crippen LogP contribution is 2.20. The number of rotatable bonds is 7. The van der Waals surface area contributed by atoms with Crippen molar-refractivity contribution in [2.45, 2.75) is 13.0 Å². The summed E-state index contributed by atoms with van der Waals surface area (Å²) in [5.41, 5.74) is 0.836. The standard InChI is InChI=1S/C18H21F2N3O3S/c1-13(14-4-6-15(19)7-5-14)21-18(24)12-23(27(25,26)22(2)3)17-10-8-16(20)9-11-17/h4-11,13H,12H2,1-3H3,(H,21,24)/t13-/m0/s1. The van der Waals surface area contributed by atoms with Crippen LogP contribution in [0.1, 0.15) is 18.5 Å². The smallest absolute Gasteiger partial charge is 0.304 e. The van der Waals surface area contributed by atoms with Gasteiger partial charge in [0.05, 0.1) is 11.7 Å². The molecular weight excluding hydrogens is 376 g/mol. The van der Waals surface area contributed by atoms with E-state index in [2.05, 4.69) is 5.32 Å². The Morgan fingerprint density at radius 1 is 1.00 bits per heavy atom. The van der Waals surface area contributed by atoms with E-state index < -0.39 is 40.3 Å². The Morgan fingerprint density at radius 3 is 1.96 bits per heavy atom. The fourth-order valence-electron chi connectivity index (χ4n) is 2.36. The van der Waals surface area contributed by atoms with Gasteiger partial charge in [-0.05, 0) is 48.9 Å². The molecule has 0 aromatic heterocycles. The molecule has 0 saturated carbocycles. The first kappa shape index (κ1) is 20.8. The van der Waals surface area contributed by atoms with Crippen molar-refractivity contribution in [2.24, 2.45) is 0 Å². The van der Waals surface area contributed by atoms with Gasteiger partial charge in [0, 0.05) is 14.1 Å². The molecule has 0 aliphatic carbocycles. The molecule has 0 fully saturated rings. The summed E-state index contributed by atoms with van der Waals surface area (Å²) in [6.07, 6.45) is 0. The lowest BCUT2D eigenvalue weighted by Gasteiger charge is -2.27. The molecule has 0 radical (unpaired) electrons. The van der Waals surface area contributed by atoms with Crippen LogP contribution in [0.25, 0.3) is 0 Å². The lowest BCUT2D eigenvalue weighted by molar-refractivity contribution is -0.120. The molecule has 146 valence electrons. The monoisotopic (exact) mass is 397 g/mol. The van der Waals surface area contributed by atoms with E-state index in [0.29, 0.717) is 5.56 Å². The van der Waals surface area contributed by atoms with Crippen molar-refractivity contribution < 1.29 is 22.0 Å². The number of nitrogens with one attached hydrogen (secondary N) is 1. The quantitative estimate of drug-likeness (QED) is 0.780. The first-order chi connectivity index (χ1) is 12.6. The van der Waals surface area contributed by atoms with Crippen LogP contribution in [0.5, 0.6) is 0 Å². The number of carbonyl (C=O) groups excluding carboxylic acids is 1. The van der Waals surface area contributed by atoms with Crippen LogP contribution in [0.4, 0.5) is 14.5 Å². The molecule has 0 spiro atoms. The Balaban J connectivity index is 2.20. The molecule has 0 bridgehead atoms. The van der Waals surface area contributed by atoms with E-state index in [1.807, 2.05) is 0 Å². The number of carbonyl (C=O) groups is 1. The third-order valence-corrected chi connectivity index (χ3v) is 5.71. The van der Waals surface area contributed by atoms with Crippen LogP contribution in [0.15, 0.2) is 48.5 Å². The zero-order valence-electron chi connectivity index (χ0n) is 15.2. The van der Waals surface area contributed by atoms with Crippen molar-refractivity contribution >= 4 is 21.8 Å². The Kier molecular flexibility index (Phi) is 6.50. The van der Waals surface area contributed by atoms with E-state index in [1.54, 1.807) is 6.92 Å². The maximum Gasteiger partial charge on any atom is 0.304 e. The number of hydrogen-bond acceptors (Lipinski definition) is 3. The summed E-state index contributed by atoms with van der Waals surface area (Å²) < 4.78 is 53.2. The van der Waals surface area contributed by atoms with Gasteiger partial charge in [-0.1, -0.05) is 12.1 Å². The third kappa shape index (κ3) is 5.24. The van der Waals surface area contributed by atoms with Crippen molar-refractivity contribution in [2.75, 3.05) is 24.9 Å².